The van der Waals surface area contributed by atoms with E-state index in [1.54, 1.807) is 6.20 Å². The molecule has 0 saturated heterocycles. The average Bonchev–Trinajstić information content (AvgIpc) is 2.84. The van der Waals surface area contributed by atoms with Crippen LogP contribution in [-0.4, -0.2) is 31.9 Å². The van der Waals surface area contributed by atoms with E-state index in [0.717, 1.165) is 23.4 Å². The van der Waals surface area contributed by atoms with Crippen molar-refractivity contribution in [1.82, 2.24) is 14.6 Å². The Hall–Kier alpha value is -1.62. The van der Waals surface area contributed by atoms with Gasteiger partial charge in [0.1, 0.15) is 5.52 Å². The van der Waals surface area contributed by atoms with Crippen molar-refractivity contribution >= 4 is 11.3 Å². The molecular weight excluding hydrogens is 252 g/mol. The second-order valence-electron chi connectivity index (χ2n) is 5.84. The first kappa shape index (κ1) is 14.8. The molecule has 1 atom stereocenters. The van der Waals surface area contributed by atoms with Gasteiger partial charge in [-0.15, -0.1) is 0 Å². The zero-order valence-electron chi connectivity index (χ0n) is 12.7. The Morgan fingerprint density at radius 2 is 2.20 bits per heavy atom. The number of hydrogen-bond donors (Lipinski definition) is 2. The molecule has 0 aliphatic rings. The Morgan fingerprint density at radius 3 is 2.80 bits per heavy atom. The van der Waals surface area contributed by atoms with Gasteiger partial charge in [0, 0.05) is 24.5 Å². The van der Waals surface area contributed by atoms with Crippen molar-refractivity contribution in [3.05, 3.63) is 24.2 Å². The van der Waals surface area contributed by atoms with Gasteiger partial charge in [0.05, 0.1) is 5.69 Å². The predicted molar refractivity (Wildman–Crippen MR) is 81.1 cm³/mol. The molecule has 0 aromatic carbocycles. The van der Waals surface area contributed by atoms with E-state index in [4.69, 9.17) is 0 Å². The van der Waals surface area contributed by atoms with Crippen LogP contribution in [0.3, 0.4) is 0 Å². The summed E-state index contributed by atoms with van der Waals surface area (Å²) >= 11 is 0. The van der Waals surface area contributed by atoms with Crippen molar-refractivity contribution in [2.24, 2.45) is 0 Å². The van der Waals surface area contributed by atoms with Gasteiger partial charge in [-0.05, 0) is 31.7 Å². The number of anilines is 1. The van der Waals surface area contributed by atoms with E-state index in [-0.39, 0.29) is 12.1 Å². The van der Waals surface area contributed by atoms with Crippen molar-refractivity contribution in [1.29, 1.82) is 0 Å². The van der Waals surface area contributed by atoms with Gasteiger partial charge in [0.15, 0.2) is 5.82 Å². The van der Waals surface area contributed by atoms with Gasteiger partial charge in [-0.1, -0.05) is 20.8 Å². The van der Waals surface area contributed by atoms with Gasteiger partial charge >= 0.3 is 0 Å². The van der Waals surface area contributed by atoms with Gasteiger partial charge < -0.3 is 10.4 Å². The molecule has 0 fully saturated rings. The number of hydrogen-bond acceptors (Lipinski definition) is 4. The fourth-order valence-corrected chi connectivity index (χ4v) is 2.18. The monoisotopic (exact) mass is 276 g/mol. The zero-order chi connectivity index (χ0) is 14.8. The average molecular weight is 276 g/mol. The summed E-state index contributed by atoms with van der Waals surface area (Å²) in [5, 5.41) is 17.3. The van der Waals surface area contributed by atoms with Crippen LogP contribution in [-0.2, 0) is 0 Å². The first-order valence-electron chi connectivity index (χ1n) is 7.22. The largest absolute Gasteiger partial charge is 0.396 e. The normalized spacial score (nSPS) is 14.7. The summed E-state index contributed by atoms with van der Waals surface area (Å²) < 4.78 is 1.86. The fourth-order valence-electron chi connectivity index (χ4n) is 2.18. The van der Waals surface area contributed by atoms with Crippen molar-refractivity contribution in [2.75, 3.05) is 11.9 Å². The van der Waals surface area contributed by atoms with Gasteiger partial charge in [0.25, 0.3) is 0 Å². The molecule has 20 heavy (non-hydrogen) atoms. The zero-order valence-corrected chi connectivity index (χ0v) is 12.7. The molecule has 0 aliphatic heterocycles. The van der Waals surface area contributed by atoms with E-state index in [2.05, 4.69) is 49.2 Å². The molecule has 5 nitrogen and oxygen atoms in total. The highest BCUT2D eigenvalue weighted by atomic mass is 16.3. The summed E-state index contributed by atoms with van der Waals surface area (Å²) in [4.78, 5) is 4.44. The molecule has 2 rings (SSSR count). The van der Waals surface area contributed by atoms with E-state index < -0.39 is 0 Å². The third kappa shape index (κ3) is 2.93. The third-order valence-corrected chi connectivity index (χ3v) is 3.86. The van der Waals surface area contributed by atoms with Crippen LogP contribution in [0, 0.1) is 0 Å². The molecule has 110 valence electrons. The Morgan fingerprint density at radius 1 is 1.45 bits per heavy atom. The maximum Gasteiger partial charge on any atom is 0.152 e. The van der Waals surface area contributed by atoms with Gasteiger partial charge in [0.2, 0.25) is 0 Å². The topological polar surface area (TPSA) is 62.5 Å². The molecule has 0 spiro atoms. The molecular formula is C15H24N4O. The van der Waals surface area contributed by atoms with Crippen molar-refractivity contribution < 1.29 is 5.11 Å². The van der Waals surface area contributed by atoms with Crippen LogP contribution in [0.25, 0.3) is 5.52 Å². The van der Waals surface area contributed by atoms with Gasteiger partial charge in [-0.2, -0.15) is 5.10 Å². The van der Waals surface area contributed by atoms with Crippen LogP contribution < -0.4 is 5.32 Å². The molecule has 2 aromatic rings. The van der Waals surface area contributed by atoms with Gasteiger partial charge in [-0.25, -0.2) is 9.50 Å². The van der Waals surface area contributed by atoms with Crippen molar-refractivity contribution in [2.45, 2.75) is 52.0 Å². The first-order chi connectivity index (χ1) is 9.49. The SMILES string of the molecule is CCC(C)(CCO)Nc1nccn2nc(C(C)C)cc12. The summed E-state index contributed by atoms with van der Waals surface area (Å²) in [5.41, 5.74) is 1.88. The maximum atomic E-state index is 9.22. The maximum absolute atomic E-state index is 9.22. The highest BCUT2D eigenvalue weighted by molar-refractivity contribution is 5.68. The summed E-state index contributed by atoms with van der Waals surface area (Å²) in [6, 6.07) is 2.08. The molecule has 5 heteroatoms. The molecule has 0 aliphatic carbocycles. The minimum atomic E-state index is -0.161. The highest BCUT2D eigenvalue weighted by Gasteiger charge is 2.23. The number of rotatable bonds is 6. The number of aliphatic hydroxyl groups excluding tert-OH is 1. The van der Waals surface area contributed by atoms with E-state index in [9.17, 15) is 5.11 Å². The molecule has 0 radical (unpaired) electrons. The van der Waals surface area contributed by atoms with E-state index >= 15 is 0 Å². The second-order valence-corrected chi connectivity index (χ2v) is 5.84. The van der Waals surface area contributed by atoms with Gasteiger partial charge in [-0.3, -0.25) is 0 Å². The molecule has 2 aromatic heterocycles. The molecule has 0 saturated carbocycles. The minimum absolute atomic E-state index is 0.161. The number of aromatic nitrogens is 3. The second kappa shape index (κ2) is 5.79. The summed E-state index contributed by atoms with van der Waals surface area (Å²) in [7, 11) is 0. The first-order valence-corrected chi connectivity index (χ1v) is 7.22. The molecule has 2 heterocycles. The Balaban J connectivity index is 2.39. The van der Waals surface area contributed by atoms with E-state index in [0.29, 0.717) is 12.3 Å². The van der Waals surface area contributed by atoms with Crippen molar-refractivity contribution in [3.63, 3.8) is 0 Å². The Kier molecular flexibility index (Phi) is 4.28. The Labute approximate surface area is 120 Å². The van der Waals surface area contributed by atoms with Crippen molar-refractivity contribution in [3.8, 4) is 0 Å². The van der Waals surface area contributed by atoms with Crippen LogP contribution in [0.1, 0.15) is 52.1 Å². The smallest absolute Gasteiger partial charge is 0.152 e. The molecule has 0 amide bonds. The number of nitrogens with one attached hydrogen (secondary N) is 1. The van der Waals surface area contributed by atoms with Crippen LogP contribution >= 0.6 is 0 Å². The highest BCUT2D eigenvalue weighted by Crippen LogP contribution is 2.25. The van der Waals surface area contributed by atoms with Crippen LogP contribution in [0.15, 0.2) is 18.5 Å². The standard InChI is InChI=1S/C15H24N4O/c1-5-15(4,6-9-20)17-14-13-10-12(11(2)3)18-19(13)8-7-16-14/h7-8,10-11,20H,5-6,9H2,1-4H3,(H,16,17). The number of aliphatic hydroxyl groups is 1. The lowest BCUT2D eigenvalue weighted by Gasteiger charge is -2.29. The van der Waals surface area contributed by atoms with E-state index in [1.165, 1.54) is 0 Å². The Bertz CT molecular complexity index is 578. The quantitative estimate of drug-likeness (QED) is 0.851. The summed E-state index contributed by atoms with van der Waals surface area (Å²) in [6.07, 6.45) is 5.22. The summed E-state index contributed by atoms with van der Waals surface area (Å²) in [6.45, 7) is 8.64. The number of nitrogens with zero attached hydrogens (tertiary/aromatic N) is 3. The molecule has 1 unspecified atom stereocenters. The van der Waals surface area contributed by atoms with Crippen LogP contribution in [0.5, 0.6) is 0 Å². The van der Waals surface area contributed by atoms with Crippen LogP contribution in [0.2, 0.25) is 0 Å². The van der Waals surface area contributed by atoms with E-state index in [1.807, 2.05) is 10.7 Å². The lowest BCUT2D eigenvalue weighted by molar-refractivity contribution is 0.252. The third-order valence-electron chi connectivity index (χ3n) is 3.86. The fraction of sp³-hybridized carbons (Fsp3) is 0.600. The summed E-state index contributed by atoms with van der Waals surface area (Å²) in [5.74, 6) is 1.21. The lowest BCUT2D eigenvalue weighted by atomic mass is 9.95. The minimum Gasteiger partial charge on any atom is -0.396 e. The molecule has 2 N–H and O–H groups in total. The van der Waals surface area contributed by atoms with Crippen LogP contribution in [0.4, 0.5) is 5.82 Å². The molecule has 0 bridgehead atoms. The predicted octanol–water partition coefficient (Wildman–Crippen LogP) is 2.82. The lowest BCUT2D eigenvalue weighted by Crippen LogP contribution is -2.35. The number of fused-ring (bicyclic) bond motifs is 1.